The summed E-state index contributed by atoms with van der Waals surface area (Å²) >= 11 is 0. The fourth-order valence-corrected chi connectivity index (χ4v) is 3.42. The quantitative estimate of drug-likeness (QED) is 0.757. The third kappa shape index (κ3) is 5.67. The van der Waals surface area contributed by atoms with Gasteiger partial charge in [0, 0.05) is 38.4 Å². The van der Waals surface area contributed by atoms with Gasteiger partial charge in [0.25, 0.3) is 0 Å². The summed E-state index contributed by atoms with van der Waals surface area (Å²) in [4.78, 5) is 27.9. The van der Waals surface area contributed by atoms with Gasteiger partial charge in [-0.05, 0) is 48.6 Å². The van der Waals surface area contributed by atoms with E-state index in [4.69, 9.17) is 0 Å². The molecule has 0 aromatic heterocycles. The number of nitrogens with one attached hydrogen (secondary N) is 1. The lowest BCUT2D eigenvalue weighted by atomic mass is 9.85. The molecule has 0 bridgehead atoms. The molecule has 0 radical (unpaired) electrons. The zero-order valence-electron chi connectivity index (χ0n) is 16.7. The number of benzene rings is 2. The van der Waals surface area contributed by atoms with Crippen LogP contribution in [0.25, 0.3) is 0 Å². The van der Waals surface area contributed by atoms with Crippen molar-refractivity contribution < 1.29 is 9.59 Å². The summed E-state index contributed by atoms with van der Waals surface area (Å²) in [6.07, 6.45) is 3.83. The topological polar surface area (TPSA) is 52.7 Å². The molecule has 0 unspecified atom stereocenters. The highest BCUT2D eigenvalue weighted by molar-refractivity contribution is 5.93. The van der Waals surface area contributed by atoms with E-state index in [0.717, 1.165) is 24.5 Å². The summed E-state index contributed by atoms with van der Waals surface area (Å²) in [6, 6.07) is 17.7. The average molecular weight is 380 g/mol. The second-order valence-corrected chi connectivity index (χ2v) is 7.63. The maximum Gasteiger partial charge on any atom is 0.238 e. The Kier molecular flexibility index (Phi) is 6.82. The number of rotatable bonds is 8. The molecule has 0 aliphatic heterocycles. The first-order chi connectivity index (χ1) is 13.5. The molecule has 1 aliphatic rings. The van der Waals surface area contributed by atoms with Gasteiger partial charge in [0.05, 0.1) is 6.54 Å². The van der Waals surface area contributed by atoms with Crippen molar-refractivity contribution in [2.45, 2.75) is 32.7 Å². The Labute approximate surface area is 167 Å². The van der Waals surface area contributed by atoms with Crippen LogP contribution < -0.4 is 10.2 Å². The molecule has 0 heterocycles. The van der Waals surface area contributed by atoms with Gasteiger partial charge in [-0.1, -0.05) is 36.8 Å². The molecule has 28 heavy (non-hydrogen) atoms. The Hall–Kier alpha value is -2.66. The van der Waals surface area contributed by atoms with Gasteiger partial charge in [0.15, 0.2) is 0 Å². The second-order valence-electron chi connectivity index (χ2n) is 7.63. The summed E-state index contributed by atoms with van der Waals surface area (Å²) < 4.78 is 0. The van der Waals surface area contributed by atoms with Crippen molar-refractivity contribution in [3.63, 3.8) is 0 Å². The van der Waals surface area contributed by atoms with Gasteiger partial charge in [-0.15, -0.1) is 0 Å². The van der Waals surface area contributed by atoms with Gasteiger partial charge in [0.2, 0.25) is 11.8 Å². The molecular weight excluding hydrogens is 350 g/mol. The fourth-order valence-electron chi connectivity index (χ4n) is 3.42. The molecule has 5 nitrogen and oxygen atoms in total. The van der Waals surface area contributed by atoms with Gasteiger partial charge in [-0.25, -0.2) is 0 Å². The van der Waals surface area contributed by atoms with E-state index in [1.807, 2.05) is 42.5 Å². The molecule has 5 heteroatoms. The van der Waals surface area contributed by atoms with E-state index < -0.39 is 0 Å². The smallest absolute Gasteiger partial charge is 0.238 e. The Bertz CT molecular complexity index is 785. The number of hydrogen-bond acceptors (Lipinski definition) is 3. The normalized spacial score (nSPS) is 13.8. The van der Waals surface area contributed by atoms with Crippen molar-refractivity contribution in [3.05, 3.63) is 60.2 Å². The van der Waals surface area contributed by atoms with E-state index in [1.54, 1.807) is 11.9 Å². The molecule has 148 valence electrons. The maximum atomic E-state index is 12.6. The van der Waals surface area contributed by atoms with Gasteiger partial charge in [0.1, 0.15) is 0 Å². The lowest BCUT2D eigenvalue weighted by Crippen LogP contribution is -2.37. The van der Waals surface area contributed by atoms with E-state index in [9.17, 15) is 9.59 Å². The lowest BCUT2D eigenvalue weighted by Gasteiger charge is -2.32. The first-order valence-corrected chi connectivity index (χ1v) is 9.92. The number of carbonyl (C=O) groups is 2. The van der Waals surface area contributed by atoms with Crippen LogP contribution >= 0.6 is 0 Å². The largest absolute Gasteiger partial charge is 0.325 e. The van der Waals surface area contributed by atoms with Gasteiger partial charge in [-0.3, -0.25) is 14.5 Å². The van der Waals surface area contributed by atoms with Gasteiger partial charge in [-0.2, -0.15) is 0 Å². The van der Waals surface area contributed by atoms with Crippen LogP contribution in [-0.4, -0.2) is 36.9 Å². The molecule has 3 rings (SSSR count). The van der Waals surface area contributed by atoms with E-state index in [-0.39, 0.29) is 11.8 Å². The van der Waals surface area contributed by atoms with E-state index in [1.165, 1.54) is 31.7 Å². The Morgan fingerprint density at radius 1 is 1.04 bits per heavy atom. The fraction of sp³-hybridized carbons (Fsp3) is 0.391. The predicted octanol–water partition coefficient (Wildman–Crippen LogP) is 3.91. The van der Waals surface area contributed by atoms with Gasteiger partial charge < -0.3 is 10.2 Å². The summed E-state index contributed by atoms with van der Waals surface area (Å²) in [5.74, 6) is 0.671. The molecule has 2 aromatic carbocycles. The summed E-state index contributed by atoms with van der Waals surface area (Å²) in [5.41, 5.74) is 2.78. The Balaban J connectivity index is 1.58. The average Bonchev–Trinajstić information content (AvgIpc) is 2.65. The third-order valence-electron chi connectivity index (χ3n) is 5.37. The number of carbonyl (C=O) groups excluding carboxylic acids is 2. The van der Waals surface area contributed by atoms with Crippen molar-refractivity contribution in [2.24, 2.45) is 5.92 Å². The first kappa shape index (κ1) is 20.1. The van der Waals surface area contributed by atoms with Crippen LogP contribution in [0, 0.1) is 5.92 Å². The number of anilines is 2. The van der Waals surface area contributed by atoms with Crippen molar-refractivity contribution >= 4 is 23.2 Å². The molecule has 1 N–H and O–H groups in total. The highest BCUT2D eigenvalue weighted by atomic mass is 16.2. The van der Waals surface area contributed by atoms with Crippen LogP contribution in [0.4, 0.5) is 11.4 Å². The van der Waals surface area contributed by atoms with Crippen LogP contribution in [0.2, 0.25) is 0 Å². The van der Waals surface area contributed by atoms with Crippen LogP contribution in [0.5, 0.6) is 0 Å². The minimum Gasteiger partial charge on any atom is -0.325 e. The molecule has 2 amide bonds. The number of amides is 2. The third-order valence-corrected chi connectivity index (χ3v) is 5.37. The minimum atomic E-state index is -0.0238. The summed E-state index contributed by atoms with van der Waals surface area (Å²) in [5, 5.41) is 2.98. The van der Waals surface area contributed by atoms with E-state index >= 15 is 0 Å². The summed E-state index contributed by atoms with van der Waals surface area (Å²) in [6.45, 7) is 3.65. The van der Waals surface area contributed by atoms with E-state index in [2.05, 4.69) is 22.3 Å². The molecule has 0 spiro atoms. The molecule has 1 aliphatic carbocycles. The van der Waals surface area contributed by atoms with Gasteiger partial charge >= 0.3 is 0 Å². The number of hydrogen-bond donors (Lipinski definition) is 1. The molecule has 0 atom stereocenters. The van der Waals surface area contributed by atoms with Crippen molar-refractivity contribution in [3.8, 4) is 0 Å². The van der Waals surface area contributed by atoms with Crippen LogP contribution in [-0.2, 0) is 16.1 Å². The first-order valence-electron chi connectivity index (χ1n) is 9.92. The Morgan fingerprint density at radius 3 is 2.29 bits per heavy atom. The molecule has 1 saturated carbocycles. The van der Waals surface area contributed by atoms with Crippen molar-refractivity contribution in [2.75, 3.05) is 30.4 Å². The summed E-state index contributed by atoms with van der Waals surface area (Å²) in [7, 11) is 1.73. The van der Waals surface area contributed by atoms with Crippen molar-refractivity contribution in [1.29, 1.82) is 0 Å². The number of nitrogens with zero attached hydrogens (tertiary/aromatic N) is 2. The standard InChI is InChI=1S/C23H29N3O2/c1-18(27)25(2)22-13-11-21(12-14-22)24-23(28)17-26(16-20-9-6-10-20)15-19-7-4-3-5-8-19/h3-5,7-8,11-14,20H,6,9-10,15-17H2,1-2H3,(H,24,28). The SMILES string of the molecule is CC(=O)N(C)c1ccc(NC(=O)CN(Cc2ccccc2)CC2CCC2)cc1. The molecular formula is C23H29N3O2. The second kappa shape index (κ2) is 9.51. The maximum absolute atomic E-state index is 12.6. The van der Waals surface area contributed by atoms with Crippen LogP contribution in [0.15, 0.2) is 54.6 Å². The Morgan fingerprint density at radius 2 is 1.71 bits per heavy atom. The molecule has 2 aromatic rings. The molecule has 1 fully saturated rings. The monoisotopic (exact) mass is 379 g/mol. The minimum absolute atomic E-state index is 0.0112. The highest BCUT2D eigenvalue weighted by Crippen LogP contribution is 2.27. The molecule has 0 saturated heterocycles. The van der Waals surface area contributed by atoms with Crippen LogP contribution in [0.3, 0.4) is 0 Å². The lowest BCUT2D eigenvalue weighted by molar-refractivity contribution is -0.118. The zero-order chi connectivity index (χ0) is 19.9. The zero-order valence-corrected chi connectivity index (χ0v) is 16.7. The highest BCUT2D eigenvalue weighted by Gasteiger charge is 2.22. The van der Waals surface area contributed by atoms with E-state index in [0.29, 0.717) is 12.5 Å². The van der Waals surface area contributed by atoms with Crippen LogP contribution in [0.1, 0.15) is 31.7 Å². The predicted molar refractivity (Wildman–Crippen MR) is 113 cm³/mol. The van der Waals surface area contributed by atoms with Crippen molar-refractivity contribution in [1.82, 2.24) is 4.90 Å².